The Hall–Kier alpha value is -0.140. The summed E-state index contributed by atoms with van der Waals surface area (Å²) in [5.41, 5.74) is 1.72. The zero-order valence-electron chi connectivity index (χ0n) is 9.22. The molecule has 0 aromatic heterocycles. The van der Waals surface area contributed by atoms with Crippen LogP contribution in [0.25, 0.3) is 0 Å². The Labute approximate surface area is 110 Å². The standard InChI is InChI=1S/C11H15IO3S/c1-3-16(14,15)11(12)10(13)9-6-4-8(2)5-7-9/h4-7,10-11,13H,3H2,1-2H3/t10-,11-/m1/s1. The van der Waals surface area contributed by atoms with Gasteiger partial charge in [0.15, 0.2) is 9.84 Å². The summed E-state index contributed by atoms with van der Waals surface area (Å²) in [6.07, 6.45) is -0.967. The van der Waals surface area contributed by atoms with Crippen LogP contribution in [0.3, 0.4) is 0 Å². The molecule has 2 atom stereocenters. The minimum absolute atomic E-state index is 0.0452. The van der Waals surface area contributed by atoms with Crippen LogP contribution in [0.1, 0.15) is 24.2 Å². The van der Waals surface area contributed by atoms with Crippen molar-refractivity contribution in [3.63, 3.8) is 0 Å². The summed E-state index contributed by atoms with van der Waals surface area (Å²) in [6, 6.07) is 7.24. The topological polar surface area (TPSA) is 54.4 Å². The molecule has 0 saturated carbocycles. The fourth-order valence-electron chi connectivity index (χ4n) is 1.27. The van der Waals surface area contributed by atoms with Crippen molar-refractivity contribution in [2.75, 3.05) is 5.75 Å². The predicted molar refractivity (Wildman–Crippen MR) is 73.4 cm³/mol. The normalized spacial score (nSPS) is 15.8. The van der Waals surface area contributed by atoms with E-state index in [2.05, 4.69) is 0 Å². The van der Waals surface area contributed by atoms with Gasteiger partial charge in [-0.15, -0.1) is 0 Å². The minimum atomic E-state index is -3.22. The molecule has 0 aliphatic carbocycles. The lowest BCUT2D eigenvalue weighted by Gasteiger charge is -2.17. The maximum atomic E-state index is 11.6. The van der Waals surface area contributed by atoms with Crippen molar-refractivity contribution in [3.05, 3.63) is 35.4 Å². The van der Waals surface area contributed by atoms with Crippen molar-refractivity contribution in [2.24, 2.45) is 0 Å². The Kier molecular flexibility index (Phi) is 4.75. The van der Waals surface area contributed by atoms with Gasteiger partial charge in [-0.1, -0.05) is 59.3 Å². The lowest BCUT2D eigenvalue weighted by atomic mass is 10.1. The van der Waals surface area contributed by atoms with Gasteiger partial charge in [-0.05, 0) is 12.5 Å². The van der Waals surface area contributed by atoms with E-state index in [-0.39, 0.29) is 5.75 Å². The molecule has 0 aliphatic heterocycles. The maximum Gasteiger partial charge on any atom is 0.164 e. The van der Waals surface area contributed by atoms with Crippen LogP contribution in [0.2, 0.25) is 0 Å². The molecule has 1 N–H and O–H groups in total. The second kappa shape index (κ2) is 5.46. The number of hydrogen-bond acceptors (Lipinski definition) is 3. The summed E-state index contributed by atoms with van der Waals surface area (Å²) in [5.74, 6) is 0.0452. The molecule has 90 valence electrons. The number of rotatable bonds is 4. The second-order valence-electron chi connectivity index (χ2n) is 3.66. The highest BCUT2D eigenvalue weighted by atomic mass is 127. The largest absolute Gasteiger partial charge is 0.386 e. The molecular formula is C11H15IO3S. The monoisotopic (exact) mass is 354 g/mol. The van der Waals surface area contributed by atoms with Gasteiger partial charge >= 0.3 is 0 Å². The van der Waals surface area contributed by atoms with Gasteiger partial charge in [0.1, 0.15) is 9.36 Å². The lowest BCUT2D eigenvalue weighted by Crippen LogP contribution is -2.24. The van der Waals surface area contributed by atoms with Crippen LogP contribution in [0.5, 0.6) is 0 Å². The van der Waals surface area contributed by atoms with Crippen LogP contribution in [-0.2, 0) is 9.84 Å². The number of aliphatic hydroxyl groups excluding tert-OH is 1. The summed E-state index contributed by atoms with van der Waals surface area (Å²) >= 11 is 1.78. The van der Waals surface area contributed by atoms with Gasteiger partial charge in [-0.3, -0.25) is 0 Å². The van der Waals surface area contributed by atoms with E-state index in [1.54, 1.807) is 41.6 Å². The minimum Gasteiger partial charge on any atom is -0.386 e. The molecule has 1 rings (SSSR count). The Bertz CT molecular complexity index is 439. The molecule has 1 aromatic rings. The molecule has 3 nitrogen and oxygen atoms in total. The average Bonchev–Trinajstić information content (AvgIpc) is 2.28. The molecule has 0 aliphatic rings. The number of halogens is 1. The molecule has 0 unspecified atom stereocenters. The van der Waals surface area contributed by atoms with Gasteiger partial charge in [-0.2, -0.15) is 0 Å². The number of aliphatic hydroxyl groups is 1. The van der Waals surface area contributed by atoms with Crippen molar-refractivity contribution in [1.29, 1.82) is 0 Å². The van der Waals surface area contributed by atoms with Crippen LogP contribution >= 0.6 is 22.6 Å². The summed E-state index contributed by atoms with van der Waals surface area (Å²) < 4.78 is 22.4. The third-order valence-corrected chi connectivity index (χ3v) is 7.17. The summed E-state index contributed by atoms with van der Waals surface area (Å²) in [6.45, 7) is 3.53. The lowest BCUT2D eigenvalue weighted by molar-refractivity contribution is 0.197. The molecule has 1 aromatic carbocycles. The van der Waals surface area contributed by atoms with E-state index in [0.717, 1.165) is 5.56 Å². The van der Waals surface area contributed by atoms with Crippen molar-refractivity contribution < 1.29 is 13.5 Å². The van der Waals surface area contributed by atoms with E-state index < -0.39 is 19.2 Å². The predicted octanol–water partition coefficient (Wildman–Crippen LogP) is 2.22. The molecule has 0 fully saturated rings. The first kappa shape index (κ1) is 13.9. The number of alkyl halides is 1. The van der Waals surface area contributed by atoms with Crippen molar-refractivity contribution in [2.45, 2.75) is 23.2 Å². The van der Waals surface area contributed by atoms with Gasteiger partial charge in [0, 0.05) is 5.75 Å². The SMILES string of the molecule is CCS(=O)(=O)[C@@H](I)[C@H](O)c1ccc(C)cc1. The molecule has 0 saturated heterocycles. The fraction of sp³-hybridized carbons (Fsp3) is 0.455. The zero-order chi connectivity index (χ0) is 12.3. The summed E-state index contributed by atoms with van der Waals surface area (Å²) in [4.78, 5) is 0. The fourth-order valence-corrected chi connectivity index (χ4v) is 3.63. The highest BCUT2D eigenvalue weighted by Crippen LogP contribution is 2.27. The third-order valence-electron chi connectivity index (χ3n) is 2.41. The number of aryl methyl sites for hydroxylation is 1. The van der Waals surface area contributed by atoms with E-state index in [1.807, 2.05) is 19.1 Å². The first-order valence-electron chi connectivity index (χ1n) is 4.98. The number of benzene rings is 1. The van der Waals surface area contributed by atoms with Crippen molar-refractivity contribution >= 4 is 32.4 Å². The first-order chi connectivity index (χ1) is 7.38. The van der Waals surface area contributed by atoms with Crippen LogP contribution in [-0.4, -0.2) is 22.5 Å². The maximum absolute atomic E-state index is 11.6. The Morgan fingerprint density at radius 1 is 1.31 bits per heavy atom. The first-order valence-corrected chi connectivity index (χ1v) is 7.95. The van der Waals surface area contributed by atoms with Crippen LogP contribution in [0, 0.1) is 6.92 Å². The molecule has 0 heterocycles. The Morgan fingerprint density at radius 2 is 1.81 bits per heavy atom. The van der Waals surface area contributed by atoms with Gasteiger partial charge in [0.25, 0.3) is 0 Å². The molecular weight excluding hydrogens is 339 g/mol. The third kappa shape index (κ3) is 3.18. The van der Waals surface area contributed by atoms with Crippen LogP contribution in [0.4, 0.5) is 0 Å². The van der Waals surface area contributed by atoms with E-state index in [1.165, 1.54) is 0 Å². The van der Waals surface area contributed by atoms with Gasteiger partial charge in [0.2, 0.25) is 0 Å². The van der Waals surface area contributed by atoms with Crippen LogP contribution < -0.4 is 0 Å². The van der Waals surface area contributed by atoms with E-state index in [9.17, 15) is 13.5 Å². The molecule has 0 radical (unpaired) electrons. The molecule has 0 amide bonds. The quantitative estimate of drug-likeness (QED) is 0.667. The van der Waals surface area contributed by atoms with Gasteiger partial charge in [-0.25, -0.2) is 8.42 Å². The highest BCUT2D eigenvalue weighted by molar-refractivity contribution is 14.1. The second-order valence-corrected chi connectivity index (χ2v) is 8.26. The molecule has 16 heavy (non-hydrogen) atoms. The highest BCUT2D eigenvalue weighted by Gasteiger charge is 2.29. The van der Waals surface area contributed by atoms with E-state index in [0.29, 0.717) is 5.56 Å². The van der Waals surface area contributed by atoms with E-state index >= 15 is 0 Å². The van der Waals surface area contributed by atoms with Crippen molar-refractivity contribution in [3.8, 4) is 0 Å². The Balaban J connectivity index is 2.94. The molecule has 0 spiro atoms. The summed E-state index contributed by atoms with van der Waals surface area (Å²) in [7, 11) is -3.22. The van der Waals surface area contributed by atoms with E-state index in [4.69, 9.17) is 0 Å². The summed E-state index contributed by atoms with van der Waals surface area (Å²) in [5, 5.41) is 9.96. The number of sulfone groups is 1. The zero-order valence-corrected chi connectivity index (χ0v) is 12.2. The van der Waals surface area contributed by atoms with Crippen LogP contribution in [0.15, 0.2) is 24.3 Å². The molecule has 5 heteroatoms. The molecule has 0 bridgehead atoms. The smallest absolute Gasteiger partial charge is 0.164 e. The Morgan fingerprint density at radius 3 is 2.25 bits per heavy atom. The van der Waals surface area contributed by atoms with Crippen molar-refractivity contribution in [1.82, 2.24) is 0 Å². The van der Waals surface area contributed by atoms with Gasteiger partial charge < -0.3 is 5.11 Å². The number of hydrogen-bond donors (Lipinski definition) is 1. The van der Waals surface area contributed by atoms with Gasteiger partial charge in [0.05, 0.1) is 0 Å². The average molecular weight is 354 g/mol.